The standard InChI is InChI=1S/C24H22FNO3/c1-2-4-22(27)26-13-11-24(12-14-26)23(28)20-16-18(9-10-21(20)29-24)8-7-17-5-3-6-19(25)15-17/h3,5-6,9-10,15-16H,2,4,11-14H2,1H3. The maximum Gasteiger partial charge on any atom is 0.222 e. The van der Waals surface area contributed by atoms with Crippen LogP contribution in [0.5, 0.6) is 5.75 Å². The van der Waals surface area contributed by atoms with E-state index in [2.05, 4.69) is 11.8 Å². The summed E-state index contributed by atoms with van der Waals surface area (Å²) in [6.07, 6.45) is 2.36. The molecular formula is C24H22FNO3. The van der Waals surface area contributed by atoms with Crippen molar-refractivity contribution in [1.29, 1.82) is 0 Å². The van der Waals surface area contributed by atoms with Crippen LogP contribution in [0.1, 0.15) is 54.1 Å². The molecule has 29 heavy (non-hydrogen) atoms. The Morgan fingerprint density at radius 3 is 2.55 bits per heavy atom. The van der Waals surface area contributed by atoms with Gasteiger partial charge in [-0.05, 0) is 42.8 Å². The Hall–Kier alpha value is -3.13. The summed E-state index contributed by atoms with van der Waals surface area (Å²) in [5.41, 5.74) is 0.913. The lowest BCUT2D eigenvalue weighted by Crippen LogP contribution is -2.51. The molecule has 2 aliphatic rings. The van der Waals surface area contributed by atoms with Crippen LogP contribution in [0.2, 0.25) is 0 Å². The molecule has 1 amide bonds. The van der Waals surface area contributed by atoms with E-state index in [1.165, 1.54) is 12.1 Å². The minimum Gasteiger partial charge on any atom is -0.478 e. The van der Waals surface area contributed by atoms with Crippen LogP contribution in [-0.2, 0) is 4.79 Å². The van der Waals surface area contributed by atoms with Gasteiger partial charge in [-0.2, -0.15) is 0 Å². The second-order valence-electron chi connectivity index (χ2n) is 7.53. The van der Waals surface area contributed by atoms with Gasteiger partial charge in [-0.1, -0.05) is 24.8 Å². The summed E-state index contributed by atoms with van der Waals surface area (Å²) in [7, 11) is 0. The van der Waals surface area contributed by atoms with Gasteiger partial charge in [-0.3, -0.25) is 9.59 Å². The lowest BCUT2D eigenvalue weighted by atomic mass is 9.85. The molecule has 2 aromatic carbocycles. The van der Waals surface area contributed by atoms with Gasteiger partial charge in [0.15, 0.2) is 5.60 Å². The van der Waals surface area contributed by atoms with Crippen molar-refractivity contribution >= 4 is 11.7 Å². The largest absolute Gasteiger partial charge is 0.478 e. The molecule has 0 atom stereocenters. The number of rotatable bonds is 2. The Bertz CT molecular complexity index is 1030. The van der Waals surface area contributed by atoms with E-state index >= 15 is 0 Å². The lowest BCUT2D eigenvalue weighted by Gasteiger charge is -2.37. The predicted octanol–water partition coefficient (Wildman–Crippen LogP) is 3.96. The average molecular weight is 391 g/mol. The number of hydrogen-bond donors (Lipinski definition) is 0. The molecule has 0 saturated carbocycles. The van der Waals surface area contributed by atoms with Crippen molar-refractivity contribution in [2.45, 2.75) is 38.2 Å². The predicted molar refractivity (Wildman–Crippen MR) is 107 cm³/mol. The normalized spacial score (nSPS) is 16.8. The number of benzene rings is 2. The molecule has 5 heteroatoms. The highest BCUT2D eigenvalue weighted by Gasteiger charge is 2.50. The molecule has 0 aromatic heterocycles. The summed E-state index contributed by atoms with van der Waals surface area (Å²) < 4.78 is 19.4. The van der Waals surface area contributed by atoms with Crippen molar-refractivity contribution in [1.82, 2.24) is 4.90 Å². The average Bonchev–Trinajstić information content (AvgIpc) is 2.98. The zero-order chi connectivity index (χ0) is 20.4. The van der Waals surface area contributed by atoms with Gasteiger partial charge in [0.1, 0.15) is 11.6 Å². The van der Waals surface area contributed by atoms with Crippen molar-refractivity contribution in [2.24, 2.45) is 0 Å². The highest BCUT2D eigenvalue weighted by molar-refractivity contribution is 6.08. The van der Waals surface area contributed by atoms with E-state index in [0.29, 0.717) is 54.8 Å². The molecule has 2 heterocycles. The van der Waals surface area contributed by atoms with E-state index in [4.69, 9.17) is 4.74 Å². The lowest BCUT2D eigenvalue weighted by molar-refractivity contribution is -0.133. The molecule has 2 aromatic rings. The maximum absolute atomic E-state index is 13.3. The number of carbonyl (C=O) groups is 2. The molecule has 0 bridgehead atoms. The molecular weight excluding hydrogens is 369 g/mol. The van der Waals surface area contributed by atoms with E-state index in [1.54, 1.807) is 30.3 Å². The van der Waals surface area contributed by atoms with Gasteiger partial charge in [-0.25, -0.2) is 4.39 Å². The molecule has 0 unspecified atom stereocenters. The highest BCUT2D eigenvalue weighted by atomic mass is 19.1. The minimum absolute atomic E-state index is 0.0375. The topological polar surface area (TPSA) is 46.6 Å². The third-order valence-electron chi connectivity index (χ3n) is 5.51. The molecule has 4 rings (SSSR count). The highest BCUT2D eigenvalue weighted by Crippen LogP contribution is 2.41. The first-order chi connectivity index (χ1) is 14.0. The number of Topliss-reactive ketones (excluding diaryl/α,β-unsaturated/α-hetero) is 1. The van der Waals surface area contributed by atoms with Gasteiger partial charge >= 0.3 is 0 Å². The summed E-state index contributed by atoms with van der Waals surface area (Å²) in [6.45, 7) is 3.05. The van der Waals surface area contributed by atoms with Crippen molar-refractivity contribution in [3.8, 4) is 17.6 Å². The van der Waals surface area contributed by atoms with Crippen molar-refractivity contribution < 1.29 is 18.7 Å². The first-order valence-electron chi connectivity index (χ1n) is 9.94. The fourth-order valence-electron chi connectivity index (χ4n) is 3.91. The second-order valence-corrected chi connectivity index (χ2v) is 7.53. The molecule has 0 aliphatic carbocycles. The SMILES string of the molecule is CCCC(=O)N1CCC2(CC1)Oc1ccc(C#Cc3cccc(F)c3)cc1C2=O. The van der Waals surface area contributed by atoms with Crippen LogP contribution in [0, 0.1) is 17.7 Å². The third kappa shape index (κ3) is 3.75. The Morgan fingerprint density at radius 2 is 1.86 bits per heavy atom. The van der Waals surface area contributed by atoms with Crippen LogP contribution in [0.15, 0.2) is 42.5 Å². The third-order valence-corrected chi connectivity index (χ3v) is 5.51. The van der Waals surface area contributed by atoms with Crippen LogP contribution in [0.3, 0.4) is 0 Å². The molecule has 2 aliphatic heterocycles. The number of fused-ring (bicyclic) bond motifs is 1. The van der Waals surface area contributed by atoms with E-state index in [0.717, 1.165) is 6.42 Å². The fourth-order valence-corrected chi connectivity index (χ4v) is 3.91. The number of amides is 1. The van der Waals surface area contributed by atoms with Crippen molar-refractivity contribution in [3.63, 3.8) is 0 Å². The minimum atomic E-state index is -0.875. The number of hydrogen-bond acceptors (Lipinski definition) is 3. The Kier molecular flexibility index (Phi) is 5.10. The molecule has 0 radical (unpaired) electrons. The van der Waals surface area contributed by atoms with Gasteiger partial charge in [0.2, 0.25) is 11.7 Å². The Balaban J connectivity index is 1.51. The fraction of sp³-hybridized carbons (Fsp3) is 0.333. The van der Waals surface area contributed by atoms with Crippen LogP contribution < -0.4 is 4.74 Å². The number of carbonyl (C=O) groups excluding carboxylic acids is 2. The number of nitrogens with zero attached hydrogens (tertiary/aromatic N) is 1. The summed E-state index contributed by atoms with van der Waals surface area (Å²) in [6, 6.07) is 11.4. The van der Waals surface area contributed by atoms with Crippen LogP contribution >= 0.6 is 0 Å². The second kappa shape index (κ2) is 7.71. The molecule has 1 saturated heterocycles. The van der Waals surface area contributed by atoms with Crippen molar-refractivity contribution in [2.75, 3.05) is 13.1 Å². The monoisotopic (exact) mass is 391 g/mol. The molecule has 148 valence electrons. The first kappa shape index (κ1) is 19.2. The van der Waals surface area contributed by atoms with Crippen LogP contribution in [0.4, 0.5) is 4.39 Å². The van der Waals surface area contributed by atoms with E-state index in [1.807, 2.05) is 11.8 Å². The first-order valence-corrected chi connectivity index (χ1v) is 9.94. The van der Waals surface area contributed by atoms with E-state index < -0.39 is 5.60 Å². The number of piperidine rings is 1. The van der Waals surface area contributed by atoms with Gasteiger partial charge in [0.05, 0.1) is 5.56 Å². The molecule has 0 N–H and O–H groups in total. The molecule has 4 nitrogen and oxygen atoms in total. The number of likely N-dealkylation sites (tertiary alicyclic amines) is 1. The Labute approximate surface area is 169 Å². The zero-order valence-electron chi connectivity index (χ0n) is 16.3. The van der Waals surface area contributed by atoms with Crippen LogP contribution in [0.25, 0.3) is 0 Å². The smallest absolute Gasteiger partial charge is 0.222 e. The van der Waals surface area contributed by atoms with E-state index in [-0.39, 0.29) is 17.5 Å². The molecule has 1 fully saturated rings. The van der Waals surface area contributed by atoms with Gasteiger partial charge in [0, 0.05) is 43.5 Å². The summed E-state index contributed by atoms with van der Waals surface area (Å²) >= 11 is 0. The number of ether oxygens (including phenoxy) is 1. The number of halogens is 1. The maximum atomic E-state index is 13.3. The zero-order valence-corrected chi connectivity index (χ0v) is 16.3. The van der Waals surface area contributed by atoms with E-state index in [9.17, 15) is 14.0 Å². The van der Waals surface area contributed by atoms with Gasteiger partial charge in [-0.15, -0.1) is 0 Å². The summed E-state index contributed by atoms with van der Waals surface area (Å²) in [5.74, 6) is 6.25. The van der Waals surface area contributed by atoms with Crippen molar-refractivity contribution in [3.05, 3.63) is 65.0 Å². The summed E-state index contributed by atoms with van der Waals surface area (Å²) in [5, 5.41) is 0. The van der Waals surface area contributed by atoms with Gasteiger partial charge < -0.3 is 9.64 Å². The Morgan fingerprint density at radius 1 is 1.14 bits per heavy atom. The van der Waals surface area contributed by atoms with Gasteiger partial charge in [0.25, 0.3) is 0 Å². The summed E-state index contributed by atoms with van der Waals surface area (Å²) in [4.78, 5) is 27.1. The quantitative estimate of drug-likeness (QED) is 0.728. The number of ketones is 1. The molecule has 1 spiro atoms. The van der Waals surface area contributed by atoms with Crippen LogP contribution in [-0.4, -0.2) is 35.3 Å².